The number of hydrogen-bond donors (Lipinski definition) is 0. The molecule has 0 N–H and O–H groups in total. The highest BCUT2D eigenvalue weighted by atomic mass is 32.1. The van der Waals surface area contributed by atoms with E-state index in [1.165, 1.54) is 0 Å². The molecule has 0 spiro atoms. The van der Waals surface area contributed by atoms with Gasteiger partial charge in [0.05, 0.1) is 34.2 Å². The van der Waals surface area contributed by atoms with Crippen molar-refractivity contribution >= 4 is 32.3 Å². The Morgan fingerprint density at radius 2 is 0.705 bits per heavy atom. The highest BCUT2D eigenvalue weighted by Crippen LogP contribution is 2.37. The third kappa shape index (κ3) is 5.17. The molecule has 0 atom stereocenters. The average molecular weight is 603 g/mol. The molecule has 0 saturated heterocycles. The summed E-state index contributed by atoms with van der Waals surface area (Å²) in [6, 6.07) is 40.5. The summed E-state index contributed by atoms with van der Waals surface area (Å²) in [5.41, 5.74) is 9.49. The van der Waals surface area contributed by atoms with Crippen LogP contribution in [0.15, 0.2) is 134 Å². The number of fused-ring (bicyclic) bond motifs is 1. The lowest BCUT2D eigenvalue weighted by atomic mass is 10.1. The lowest BCUT2D eigenvalue weighted by molar-refractivity contribution is 1.25. The van der Waals surface area contributed by atoms with E-state index in [4.69, 9.17) is 19.9 Å². The van der Waals surface area contributed by atoms with E-state index in [-0.39, 0.29) is 0 Å². The lowest BCUT2D eigenvalue weighted by Crippen LogP contribution is -1.89. The Hall–Kier alpha value is -5.44. The molecule has 6 aromatic heterocycles. The van der Waals surface area contributed by atoms with Crippen LogP contribution in [0.4, 0.5) is 0 Å². The number of aromatic nitrogens is 6. The predicted molar refractivity (Wildman–Crippen MR) is 179 cm³/mol. The third-order valence-corrected chi connectivity index (χ3v) is 9.31. The fourth-order valence-electron chi connectivity index (χ4n) is 4.96. The van der Waals surface area contributed by atoms with Crippen LogP contribution in [0, 0.1) is 0 Å². The summed E-state index contributed by atoms with van der Waals surface area (Å²) in [5, 5.41) is 1.92. The normalized spacial score (nSPS) is 11.2. The minimum absolute atomic E-state index is 0.857. The molecule has 0 amide bonds. The Morgan fingerprint density at radius 3 is 1.11 bits per heavy atom. The van der Waals surface area contributed by atoms with Crippen molar-refractivity contribution in [2.45, 2.75) is 0 Å². The molecule has 0 unspecified atom stereocenters. The zero-order valence-electron chi connectivity index (χ0n) is 23.2. The van der Waals surface area contributed by atoms with Crippen molar-refractivity contribution in [3.05, 3.63) is 134 Å². The van der Waals surface area contributed by atoms with Crippen molar-refractivity contribution in [3.8, 4) is 66.4 Å². The summed E-state index contributed by atoms with van der Waals surface area (Å²) in [6.07, 6.45) is 3.57. The van der Waals surface area contributed by atoms with Crippen LogP contribution in [-0.4, -0.2) is 29.9 Å². The Morgan fingerprint density at radius 1 is 0.318 bits per heavy atom. The highest BCUT2D eigenvalue weighted by molar-refractivity contribution is 7.29. The first kappa shape index (κ1) is 26.2. The smallest absolute Gasteiger partial charge is 0.155 e. The van der Waals surface area contributed by atoms with Crippen molar-refractivity contribution in [1.82, 2.24) is 29.9 Å². The minimum atomic E-state index is 0.857. The summed E-state index contributed by atoms with van der Waals surface area (Å²) in [4.78, 5) is 30.3. The van der Waals surface area contributed by atoms with E-state index in [2.05, 4.69) is 58.5 Å². The van der Waals surface area contributed by atoms with Gasteiger partial charge in [0.2, 0.25) is 0 Å². The number of hydrogen-bond acceptors (Lipinski definition) is 8. The van der Waals surface area contributed by atoms with E-state index in [1.807, 2.05) is 72.8 Å². The molecule has 8 rings (SSSR count). The second kappa shape index (κ2) is 11.3. The molecule has 8 heteroatoms. The van der Waals surface area contributed by atoms with E-state index in [9.17, 15) is 0 Å². The summed E-state index contributed by atoms with van der Waals surface area (Å²) in [7, 11) is 0. The maximum atomic E-state index is 4.92. The molecule has 0 bridgehead atoms. The van der Waals surface area contributed by atoms with Gasteiger partial charge in [-0.25, -0.2) is 19.9 Å². The molecule has 0 aliphatic rings. The molecule has 6 heterocycles. The van der Waals surface area contributed by atoms with E-state index in [1.54, 1.807) is 35.1 Å². The van der Waals surface area contributed by atoms with Crippen molar-refractivity contribution < 1.29 is 0 Å². The van der Waals surface area contributed by atoms with Crippen LogP contribution in [0.2, 0.25) is 0 Å². The van der Waals surface area contributed by atoms with Gasteiger partial charge in [-0.15, -0.1) is 0 Å². The standard InChI is InChI=1S/C36H22N6S2/c1-3-21-37-29(7-1)31-11-5-9-27(39-31)23-13-17-25(18-14-23)33-41-35-36(43-33)42-34(44-35)26-19-15-24(16-20-26)28-10-6-12-32(40-28)30-8-2-4-22-38-30/h1-22H. The van der Waals surface area contributed by atoms with Crippen molar-refractivity contribution in [2.75, 3.05) is 0 Å². The van der Waals surface area contributed by atoms with E-state index in [0.717, 1.165) is 76.1 Å². The number of rotatable bonds is 6. The van der Waals surface area contributed by atoms with Crippen molar-refractivity contribution in [1.29, 1.82) is 0 Å². The monoisotopic (exact) mass is 602 g/mol. The van der Waals surface area contributed by atoms with E-state index in [0.29, 0.717) is 0 Å². The van der Waals surface area contributed by atoms with E-state index < -0.39 is 0 Å². The molecule has 0 radical (unpaired) electrons. The van der Waals surface area contributed by atoms with Crippen LogP contribution in [0.1, 0.15) is 0 Å². The van der Waals surface area contributed by atoms with Gasteiger partial charge in [-0.1, -0.05) is 95.5 Å². The SMILES string of the molecule is c1ccc(-c2cccc(-c3ccc(-c4nc5sc(-c6ccc(-c7cccc(-c8ccccn8)n7)cc6)nc5s4)cc3)n2)nc1. The Balaban J connectivity index is 1.00. The molecular formula is C36H22N6S2. The van der Waals surface area contributed by atoms with Crippen LogP contribution >= 0.6 is 22.7 Å². The number of thiazole rings is 2. The second-order valence-corrected chi connectivity index (χ2v) is 12.0. The number of benzene rings is 2. The van der Waals surface area contributed by atoms with Gasteiger partial charge in [0.1, 0.15) is 10.0 Å². The molecule has 0 aliphatic heterocycles. The first-order valence-corrected chi connectivity index (χ1v) is 15.7. The van der Waals surface area contributed by atoms with Gasteiger partial charge in [0.15, 0.2) is 9.66 Å². The largest absolute Gasteiger partial charge is 0.255 e. The van der Waals surface area contributed by atoms with Gasteiger partial charge in [-0.05, 0) is 48.5 Å². The minimum Gasteiger partial charge on any atom is -0.255 e. The topological polar surface area (TPSA) is 77.3 Å². The molecule has 0 aliphatic carbocycles. The Bertz CT molecular complexity index is 2020. The van der Waals surface area contributed by atoms with Gasteiger partial charge in [0.25, 0.3) is 0 Å². The van der Waals surface area contributed by atoms with E-state index >= 15 is 0 Å². The average Bonchev–Trinajstić information content (AvgIpc) is 3.70. The van der Waals surface area contributed by atoms with Crippen LogP contribution < -0.4 is 0 Å². The number of pyridine rings is 4. The molecule has 8 aromatic rings. The van der Waals surface area contributed by atoms with Gasteiger partial charge < -0.3 is 0 Å². The Kier molecular flexibility index (Phi) is 6.75. The molecular weight excluding hydrogens is 581 g/mol. The molecule has 6 nitrogen and oxygen atoms in total. The molecule has 0 fully saturated rings. The van der Waals surface area contributed by atoms with Gasteiger partial charge in [-0.2, -0.15) is 0 Å². The summed E-state index contributed by atoms with van der Waals surface area (Å²) >= 11 is 3.23. The lowest BCUT2D eigenvalue weighted by Gasteiger charge is -2.05. The fourth-order valence-corrected chi connectivity index (χ4v) is 7.01. The van der Waals surface area contributed by atoms with Gasteiger partial charge in [-0.3, -0.25) is 9.97 Å². The fraction of sp³-hybridized carbons (Fsp3) is 0. The zero-order valence-corrected chi connectivity index (χ0v) is 24.8. The summed E-state index contributed by atoms with van der Waals surface area (Å²) in [6.45, 7) is 0. The maximum absolute atomic E-state index is 4.92. The molecule has 44 heavy (non-hydrogen) atoms. The first-order chi connectivity index (χ1) is 21.8. The van der Waals surface area contributed by atoms with Crippen LogP contribution in [0.25, 0.3) is 76.1 Å². The first-order valence-electron chi connectivity index (χ1n) is 14.0. The zero-order chi connectivity index (χ0) is 29.3. The van der Waals surface area contributed by atoms with Gasteiger partial charge in [0, 0.05) is 34.6 Å². The molecule has 208 valence electrons. The molecule has 2 aromatic carbocycles. The summed E-state index contributed by atoms with van der Waals surface area (Å²) < 4.78 is 0. The van der Waals surface area contributed by atoms with Crippen molar-refractivity contribution in [2.24, 2.45) is 0 Å². The summed E-state index contributed by atoms with van der Waals surface area (Å²) in [5.74, 6) is 0. The van der Waals surface area contributed by atoms with Crippen LogP contribution in [0.5, 0.6) is 0 Å². The third-order valence-electron chi connectivity index (χ3n) is 7.18. The van der Waals surface area contributed by atoms with Crippen LogP contribution in [0.3, 0.4) is 0 Å². The van der Waals surface area contributed by atoms with Crippen LogP contribution in [-0.2, 0) is 0 Å². The predicted octanol–water partition coefficient (Wildman–Crippen LogP) is 9.33. The second-order valence-electron chi connectivity index (χ2n) is 10.0. The van der Waals surface area contributed by atoms with Crippen molar-refractivity contribution in [3.63, 3.8) is 0 Å². The number of nitrogens with zero attached hydrogens (tertiary/aromatic N) is 6. The molecule has 0 saturated carbocycles. The quantitative estimate of drug-likeness (QED) is 0.189. The maximum Gasteiger partial charge on any atom is 0.155 e. The Labute approximate surface area is 261 Å². The van der Waals surface area contributed by atoms with Gasteiger partial charge >= 0.3 is 0 Å². The highest BCUT2D eigenvalue weighted by Gasteiger charge is 2.14.